The number of benzene rings is 2. The smallest absolute Gasteiger partial charge is 0.223 e. The molecule has 1 aliphatic carbocycles. The lowest BCUT2D eigenvalue weighted by molar-refractivity contribution is -0.124. The van der Waals surface area contributed by atoms with Crippen LogP contribution in [0.5, 0.6) is 0 Å². The van der Waals surface area contributed by atoms with E-state index in [1.165, 1.54) is 0 Å². The Morgan fingerprint density at radius 3 is 2.59 bits per heavy atom. The average molecular weight is 390 g/mol. The minimum absolute atomic E-state index is 0.170. The molecule has 7 heteroatoms. The summed E-state index contributed by atoms with van der Waals surface area (Å²) in [6.45, 7) is 0.542. The largest absolute Gasteiger partial charge is 0.398 e. The second-order valence-electron chi connectivity index (χ2n) is 7.48. The number of nitrogens with zero attached hydrogens (tertiary/aromatic N) is 1. The molecule has 150 valence electrons. The summed E-state index contributed by atoms with van der Waals surface area (Å²) in [5.74, 6) is 0.356. The predicted octanol–water partition coefficient (Wildman–Crippen LogP) is 2.81. The van der Waals surface area contributed by atoms with Gasteiger partial charge in [-0.1, -0.05) is 43.2 Å². The van der Waals surface area contributed by atoms with Crippen LogP contribution in [0.15, 0.2) is 60.4 Å². The van der Waals surface area contributed by atoms with Gasteiger partial charge in [-0.3, -0.25) is 20.6 Å². The molecule has 1 aliphatic heterocycles. The van der Waals surface area contributed by atoms with Crippen LogP contribution < -0.4 is 27.0 Å². The summed E-state index contributed by atoms with van der Waals surface area (Å²) in [6.07, 6.45) is 6.17. The van der Waals surface area contributed by atoms with Crippen LogP contribution in [0.4, 0.5) is 11.4 Å². The minimum atomic E-state index is 0.170. The van der Waals surface area contributed by atoms with Crippen molar-refractivity contribution in [3.05, 3.63) is 71.6 Å². The minimum Gasteiger partial charge on any atom is -0.398 e. The van der Waals surface area contributed by atoms with Crippen LogP contribution in [-0.4, -0.2) is 11.6 Å². The van der Waals surface area contributed by atoms with Crippen molar-refractivity contribution in [1.29, 1.82) is 5.41 Å². The first kappa shape index (κ1) is 19.0. The molecule has 0 atom stereocenters. The first-order valence-electron chi connectivity index (χ1n) is 9.95. The van der Waals surface area contributed by atoms with Crippen LogP contribution in [-0.2, 0) is 11.3 Å². The number of hydrogen-bond donors (Lipinski definition) is 5. The van der Waals surface area contributed by atoms with Gasteiger partial charge >= 0.3 is 0 Å². The zero-order valence-electron chi connectivity index (χ0n) is 16.2. The number of para-hydroxylation sites is 1. The number of nitrogen functional groups attached to an aromatic ring is 1. The fourth-order valence-corrected chi connectivity index (χ4v) is 3.75. The topological polar surface area (TPSA) is 106 Å². The van der Waals surface area contributed by atoms with Crippen LogP contribution >= 0.6 is 0 Å². The van der Waals surface area contributed by atoms with Gasteiger partial charge in [0, 0.05) is 23.7 Å². The molecule has 0 saturated heterocycles. The Hall–Kier alpha value is -3.32. The highest BCUT2D eigenvalue weighted by Crippen LogP contribution is 2.25. The average Bonchev–Trinajstić information content (AvgIpc) is 3.45. The molecule has 0 unspecified atom stereocenters. The predicted molar refractivity (Wildman–Crippen MR) is 115 cm³/mol. The van der Waals surface area contributed by atoms with E-state index < -0.39 is 0 Å². The summed E-state index contributed by atoms with van der Waals surface area (Å²) in [7, 11) is 0. The van der Waals surface area contributed by atoms with Crippen LogP contribution in [0.2, 0.25) is 0 Å². The molecular formula is C22H26N6O. The van der Waals surface area contributed by atoms with E-state index in [0.29, 0.717) is 29.2 Å². The molecule has 0 bridgehead atoms. The first-order valence-corrected chi connectivity index (χ1v) is 9.95. The number of nitrogens with one attached hydrogen (secondary N) is 4. The van der Waals surface area contributed by atoms with E-state index in [1.54, 1.807) is 6.07 Å². The Bertz CT molecular complexity index is 931. The lowest BCUT2D eigenvalue weighted by atomic mass is 10.1. The number of amides is 1. The van der Waals surface area contributed by atoms with Gasteiger partial charge in [-0.2, -0.15) is 0 Å². The number of anilines is 2. The molecule has 0 aromatic heterocycles. The quantitative estimate of drug-likeness (QED) is 0.385. The second-order valence-corrected chi connectivity index (χ2v) is 7.48. The van der Waals surface area contributed by atoms with Crippen LogP contribution in [0.25, 0.3) is 0 Å². The summed E-state index contributed by atoms with van der Waals surface area (Å²) in [5, 5.41) is 13.3. The maximum absolute atomic E-state index is 12.2. The lowest BCUT2D eigenvalue weighted by Gasteiger charge is -2.16. The van der Waals surface area contributed by atoms with E-state index in [1.807, 2.05) is 53.7 Å². The third kappa shape index (κ3) is 4.25. The molecule has 1 heterocycles. The standard InChI is InChI=1S/C22H26N6O/c23-19-8-4-3-7-18(19)21(24)20-14-28(27-26-20)17-11-9-15(10-12-17)13-25-22(29)16-5-1-2-6-16/h3-4,7-12,14,16,24,26-27H,1-2,5-6,13,23H2,(H,25,29). The summed E-state index contributed by atoms with van der Waals surface area (Å²) in [5.41, 5.74) is 16.2. The van der Waals surface area contributed by atoms with E-state index in [9.17, 15) is 4.79 Å². The van der Waals surface area contributed by atoms with Crippen molar-refractivity contribution in [2.45, 2.75) is 32.2 Å². The molecular weight excluding hydrogens is 364 g/mol. The van der Waals surface area contributed by atoms with Crippen molar-refractivity contribution in [2.24, 2.45) is 5.92 Å². The molecule has 1 fully saturated rings. The van der Waals surface area contributed by atoms with Crippen molar-refractivity contribution in [2.75, 3.05) is 10.7 Å². The SMILES string of the molecule is N=C(C1=CN(c2ccc(CNC(=O)C3CCCC3)cc2)NN1)c1ccccc1N. The second kappa shape index (κ2) is 8.36. The Morgan fingerprint density at radius 1 is 1.14 bits per heavy atom. The van der Waals surface area contributed by atoms with Gasteiger partial charge < -0.3 is 11.1 Å². The maximum atomic E-state index is 12.2. The third-order valence-electron chi connectivity index (χ3n) is 5.48. The Morgan fingerprint density at radius 2 is 1.86 bits per heavy atom. The fourth-order valence-electron chi connectivity index (χ4n) is 3.75. The number of carbonyl (C=O) groups is 1. The van der Waals surface area contributed by atoms with Crippen molar-refractivity contribution >= 4 is 23.0 Å². The Kier molecular flexibility index (Phi) is 5.48. The number of nitrogens with two attached hydrogens (primary N) is 1. The van der Waals surface area contributed by atoms with Gasteiger partial charge in [0.1, 0.15) is 0 Å². The van der Waals surface area contributed by atoms with Gasteiger partial charge in [0.05, 0.1) is 23.3 Å². The summed E-state index contributed by atoms with van der Waals surface area (Å²) in [4.78, 5) is 12.2. The summed E-state index contributed by atoms with van der Waals surface area (Å²) >= 11 is 0. The van der Waals surface area contributed by atoms with E-state index in [0.717, 1.165) is 36.9 Å². The molecule has 0 radical (unpaired) electrons. The Labute approximate surface area is 170 Å². The Balaban J connectivity index is 1.37. The number of rotatable bonds is 6. The number of hydrazine groups is 2. The van der Waals surface area contributed by atoms with Gasteiger partial charge in [-0.25, -0.2) is 0 Å². The molecule has 29 heavy (non-hydrogen) atoms. The highest BCUT2D eigenvalue weighted by Gasteiger charge is 2.22. The molecule has 2 aliphatic rings. The van der Waals surface area contributed by atoms with E-state index in [-0.39, 0.29) is 11.8 Å². The summed E-state index contributed by atoms with van der Waals surface area (Å²) < 4.78 is 0. The van der Waals surface area contributed by atoms with Gasteiger partial charge in [0.2, 0.25) is 5.91 Å². The molecule has 2 aromatic rings. The van der Waals surface area contributed by atoms with E-state index in [4.69, 9.17) is 11.1 Å². The molecule has 1 amide bonds. The highest BCUT2D eigenvalue weighted by molar-refractivity contribution is 6.13. The van der Waals surface area contributed by atoms with Crippen LogP contribution in [0, 0.1) is 11.3 Å². The highest BCUT2D eigenvalue weighted by atomic mass is 16.1. The monoisotopic (exact) mass is 390 g/mol. The van der Waals surface area contributed by atoms with E-state index >= 15 is 0 Å². The normalized spacial score (nSPS) is 16.4. The van der Waals surface area contributed by atoms with Gasteiger partial charge in [0.25, 0.3) is 0 Å². The van der Waals surface area contributed by atoms with E-state index in [2.05, 4.69) is 16.3 Å². The van der Waals surface area contributed by atoms with Crippen molar-refractivity contribution < 1.29 is 4.79 Å². The molecule has 2 aromatic carbocycles. The van der Waals surface area contributed by atoms with Crippen LogP contribution in [0.3, 0.4) is 0 Å². The zero-order valence-corrected chi connectivity index (χ0v) is 16.2. The summed E-state index contributed by atoms with van der Waals surface area (Å²) in [6, 6.07) is 15.3. The fraction of sp³-hybridized carbons (Fsp3) is 0.273. The molecule has 4 rings (SSSR count). The van der Waals surface area contributed by atoms with Gasteiger partial charge in [0.15, 0.2) is 0 Å². The molecule has 7 nitrogen and oxygen atoms in total. The lowest BCUT2D eigenvalue weighted by Crippen LogP contribution is -2.37. The number of allylic oxidation sites excluding steroid dienone is 1. The number of carbonyl (C=O) groups excluding carboxylic acids is 1. The molecule has 6 N–H and O–H groups in total. The number of hydrogen-bond acceptors (Lipinski definition) is 6. The molecule has 1 saturated carbocycles. The first-order chi connectivity index (χ1) is 14.1. The molecule has 0 spiro atoms. The zero-order chi connectivity index (χ0) is 20.2. The van der Waals surface area contributed by atoms with Crippen molar-refractivity contribution in [3.63, 3.8) is 0 Å². The van der Waals surface area contributed by atoms with Crippen LogP contribution in [0.1, 0.15) is 36.8 Å². The maximum Gasteiger partial charge on any atom is 0.223 e. The van der Waals surface area contributed by atoms with Gasteiger partial charge in [-0.05, 0) is 36.6 Å². The third-order valence-corrected chi connectivity index (χ3v) is 5.48. The van der Waals surface area contributed by atoms with Gasteiger partial charge in [-0.15, -0.1) is 5.53 Å². The van der Waals surface area contributed by atoms with Crippen molar-refractivity contribution in [3.8, 4) is 0 Å². The van der Waals surface area contributed by atoms with Crippen molar-refractivity contribution in [1.82, 2.24) is 16.3 Å².